The van der Waals surface area contributed by atoms with Crippen LogP contribution in [-0.4, -0.2) is 13.1 Å². The Morgan fingerprint density at radius 3 is 2.48 bits per heavy atom. The zero-order valence-electron chi connectivity index (χ0n) is 11.2. The number of rotatable bonds is 4. The number of hydrogen-bond donors (Lipinski definition) is 1. The average molecular weight is 326 g/mol. The van der Waals surface area contributed by atoms with Crippen LogP contribution in [0.1, 0.15) is 11.7 Å². The molecule has 0 saturated carbocycles. The van der Waals surface area contributed by atoms with Crippen molar-refractivity contribution >= 4 is 23.2 Å². The molecule has 3 rings (SSSR count). The molecule has 2 aromatic carbocycles. The summed E-state index contributed by atoms with van der Waals surface area (Å²) in [5, 5.41) is 3.88. The zero-order valence-corrected chi connectivity index (χ0v) is 12.7. The van der Waals surface area contributed by atoms with Crippen molar-refractivity contribution < 1.29 is 9.13 Å². The van der Waals surface area contributed by atoms with Crippen LogP contribution >= 0.6 is 23.2 Å². The molecular weight excluding hydrogens is 312 g/mol. The number of benzene rings is 2. The zero-order chi connectivity index (χ0) is 14.8. The van der Waals surface area contributed by atoms with Crippen molar-refractivity contribution in [1.29, 1.82) is 0 Å². The third-order valence-electron chi connectivity index (χ3n) is 3.60. The van der Waals surface area contributed by atoms with Gasteiger partial charge in [-0.15, -0.1) is 0 Å². The van der Waals surface area contributed by atoms with Crippen LogP contribution in [0, 0.1) is 11.7 Å². The predicted molar refractivity (Wildman–Crippen MR) is 82.6 cm³/mol. The molecule has 1 unspecified atom stereocenters. The third-order valence-corrected chi connectivity index (χ3v) is 4.21. The van der Waals surface area contributed by atoms with Gasteiger partial charge in [-0.3, -0.25) is 0 Å². The maximum atomic E-state index is 13.3. The smallest absolute Gasteiger partial charge is 0.141 e. The fourth-order valence-corrected chi connectivity index (χ4v) is 2.70. The molecule has 0 amide bonds. The summed E-state index contributed by atoms with van der Waals surface area (Å²) in [6.07, 6.45) is -0.204. The Hall–Kier alpha value is -1.29. The molecule has 110 valence electrons. The summed E-state index contributed by atoms with van der Waals surface area (Å²) in [4.78, 5) is 0. The SMILES string of the molecule is Fc1ccc(C(Oc2ccccc2Cl)C2CNC2)cc1Cl. The van der Waals surface area contributed by atoms with Gasteiger partial charge in [-0.2, -0.15) is 0 Å². The topological polar surface area (TPSA) is 21.3 Å². The summed E-state index contributed by atoms with van der Waals surface area (Å²) >= 11 is 12.0. The molecule has 2 nitrogen and oxygen atoms in total. The molecule has 1 saturated heterocycles. The molecule has 21 heavy (non-hydrogen) atoms. The second kappa shape index (κ2) is 6.22. The molecule has 1 N–H and O–H groups in total. The minimum absolute atomic E-state index is 0.104. The van der Waals surface area contributed by atoms with Crippen LogP contribution in [0.2, 0.25) is 10.0 Å². The van der Waals surface area contributed by atoms with Gasteiger partial charge in [0.05, 0.1) is 10.0 Å². The van der Waals surface area contributed by atoms with E-state index in [1.165, 1.54) is 6.07 Å². The fourth-order valence-electron chi connectivity index (χ4n) is 2.33. The van der Waals surface area contributed by atoms with E-state index in [0.29, 0.717) is 16.7 Å². The number of para-hydroxylation sites is 1. The standard InChI is InChI=1S/C16H14Cl2FNO/c17-12-3-1-2-4-15(12)21-16(11-8-20-9-11)10-5-6-14(19)13(18)7-10/h1-7,11,16,20H,8-9H2. The lowest BCUT2D eigenvalue weighted by Crippen LogP contribution is -2.46. The van der Waals surface area contributed by atoms with Gasteiger partial charge in [-0.25, -0.2) is 4.39 Å². The van der Waals surface area contributed by atoms with Crippen molar-refractivity contribution in [2.45, 2.75) is 6.10 Å². The Morgan fingerprint density at radius 2 is 1.86 bits per heavy atom. The lowest BCUT2D eigenvalue weighted by molar-refractivity contribution is 0.0993. The van der Waals surface area contributed by atoms with E-state index in [9.17, 15) is 4.39 Å². The van der Waals surface area contributed by atoms with Gasteiger partial charge in [-0.05, 0) is 29.8 Å². The molecular formula is C16H14Cl2FNO. The average Bonchev–Trinajstić information content (AvgIpc) is 2.41. The number of ether oxygens (including phenoxy) is 1. The van der Waals surface area contributed by atoms with E-state index in [1.54, 1.807) is 18.2 Å². The molecule has 1 fully saturated rings. The maximum absolute atomic E-state index is 13.3. The van der Waals surface area contributed by atoms with Crippen molar-refractivity contribution in [3.05, 3.63) is 63.9 Å². The highest BCUT2D eigenvalue weighted by molar-refractivity contribution is 6.32. The molecule has 1 aliphatic rings. The third kappa shape index (κ3) is 3.15. The molecule has 1 aliphatic heterocycles. The summed E-state index contributed by atoms with van der Waals surface area (Å²) in [5.41, 5.74) is 0.854. The molecule has 5 heteroatoms. The monoisotopic (exact) mass is 325 g/mol. The lowest BCUT2D eigenvalue weighted by Gasteiger charge is -2.35. The van der Waals surface area contributed by atoms with Gasteiger partial charge < -0.3 is 10.1 Å². The lowest BCUT2D eigenvalue weighted by atomic mass is 9.91. The first kappa shape index (κ1) is 14.6. The molecule has 0 radical (unpaired) electrons. The Balaban J connectivity index is 1.90. The molecule has 2 aromatic rings. The summed E-state index contributed by atoms with van der Waals surface area (Å²) in [5.74, 6) is 0.503. The molecule has 0 bridgehead atoms. The highest BCUT2D eigenvalue weighted by Gasteiger charge is 2.31. The fraction of sp³-hybridized carbons (Fsp3) is 0.250. The quantitative estimate of drug-likeness (QED) is 0.895. The van der Waals surface area contributed by atoms with Crippen molar-refractivity contribution in [3.8, 4) is 5.75 Å². The van der Waals surface area contributed by atoms with Crippen LogP contribution < -0.4 is 10.1 Å². The second-order valence-electron chi connectivity index (χ2n) is 5.06. The minimum atomic E-state index is -0.427. The molecule has 1 heterocycles. The van der Waals surface area contributed by atoms with E-state index in [-0.39, 0.29) is 11.1 Å². The van der Waals surface area contributed by atoms with Gasteiger partial charge in [0.2, 0.25) is 0 Å². The van der Waals surface area contributed by atoms with E-state index in [4.69, 9.17) is 27.9 Å². The van der Waals surface area contributed by atoms with Crippen LogP contribution in [0.15, 0.2) is 42.5 Å². The number of nitrogens with one attached hydrogen (secondary N) is 1. The van der Waals surface area contributed by atoms with Crippen LogP contribution in [-0.2, 0) is 0 Å². The Kier molecular flexibility index (Phi) is 4.34. The first-order valence-electron chi connectivity index (χ1n) is 6.72. The van der Waals surface area contributed by atoms with Crippen molar-refractivity contribution in [2.75, 3.05) is 13.1 Å². The van der Waals surface area contributed by atoms with Gasteiger partial charge in [0.1, 0.15) is 17.7 Å². The van der Waals surface area contributed by atoms with Crippen LogP contribution in [0.3, 0.4) is 0 Å². The van der Waals surface area contributed by atoms with E-state index in [1.807, 2.05) is 18.2 Å². The molecule has 0 aromatic heterocycles. The predicted octanol–water partition coefficient (Wildman–Crippen LogP) is 4.47. The normalized spacial score (nSPS) is 16.3. The molecule has 0 aliphatic carbocycles. The largest absolute Gasteiger partial charge is 0.484 e. The highest BCUT2D eigenvalue weighted by Crippen LogP contribution is 2.35. The number of hydrogen-bond acceptors (Lipinski definition) is 2. The summed E-state index contributed by atoms with van der Waals surface area (Å²) < 4.78 is 19.4. The van der Waals surface area contributed by atoms with Gasteiger partial charge in [0.25, 0.3) is 0 Å². The van der Waals surface area contributed by atoms with Gasteiger partial charge >= 0.3 is 0 Å². The Labute approximate surface area is 132 Å². The maximum Gasteiger partial charge on any atom is 0.141 e. The second-order valence-corrected chi connectivity index (χ2v) is 5.88. The van der Waals surface area contributed by atoms with E-state index in [2.05, 4.69) is 5.32 Å². The van der Waals surface area contributed by atoms with Gasteiger partial charge in [0, 0.05) is 19.0 Å². The Bertz CT molecular complexity index is 646. The van der Waals surface area contributed by atoms with Crippen molar-refractivity contribution in [3.63, 3.8) is 0 Å². The number of halogens is 3. The van der Waals surface area contributed by atoms with Crippen molar-refractivity contribution in [1.82, 2.24) is 5.32 Å². The first-order valence-corrected chi connectivity index (χ1v) is 7.47. The van der Waals surface area contributed by atoms with Crippen LogP contribution in [0.5, 0.6) is 5.75 Å². The highest BCUT2D eigenvalue weighted by atomic mass is 35.5. The van der Waals surface area contributed by atoms with Gasteiger partial charge in [0.15, 0.2) is 0 Å². The van der Waals surface area contributed by atoms with Gasteiger partial charge in [-0.1, -0.05) is 41.4 Å². The van der Waals surface area contributed by atoms with Crippen LogP contribution in [0.4, 0.5) is 4.39 Å². The summed E-state index contributed by atoms with van der Waals surface area (Å²) in [6, 6.07) is 12.0. The molecule has 1 atom stereocenters. The van der Waals surface area contributed by atoms with E-state index < -0.39 is 5.82 Å². The summed E-state index contributed by atoms with van der Waals surface area (Å²) in [6.45, 7) is 1.70. The first-order chi connectivity index (χ1) is 10.1. The van der Waals surface area contributed by atoms with E-state index in [0.717, 1.165) is 18.7 Å². The van der Waals surface area contributed by atoms with Crippen LogP contribution in [0.25, 0.3) is 0 Å². The van der Waals surface area contributed by atoms with Crippen molar-refractivity contribution in [2.24, 2.45) is 5.92 Å². The van der Waals surface area contributed by atoms with E-state index >= 15 is 0 Å². The summed E-state index contributed by atoms with van der Waals surface area (Å²) in [7, 11) is 0. The molecule has 0 spiro atoms. The minimum Gasteiger partial charge on any atom is -0.484 e. The Morgan fingerprint density at radius 1 is 1.10 bits per heavy atom.